The van der Waals surface area contributed by atoms with Crippen molar-refractivity contribution in [3.05, 3.63) is 0 Å². The van der Waals surface area contributed by atoms with Crippen molar-refractivity contribution < 1.29 is 23.9 Å². The van der Waals surface area contributed by atoms with Gasteiger partial charge in [0.1, 0.15) is 11.7 Å². The molecule has 1 heterocycles. The van der Waals surface area contributed by atoms with Crippen LogP contribution in [0.5, 0.6) is 0 Å². The average molecular weight is 344 g/mol. The molecule has 22 heavy (non-hydrogen) atoms. The lowest BCUT2D eigenvalue weighted by Gasteiger charge is -2.50. The van der Waals surface area contributed by atoms with Crippen LogP contribution in [0.25, 0.3) is 0 Å². The van der Waals surface area contributed by atoms with E-state index in [1.807, 2.05) is 23.5 Å². The smallest absolute Gasteiger partial charge is 0.316 e. The first kappa shape index (κ1) is 16.2. The summed E-state index contributed by atoms with van der Waals surface area (Å²) < 4.78 is 9.57. The molecular formula is C15H20O5S2. The van der Waals surface area contributed by atoms with Gasteiger partial charge in [-0.15, -0.1) is 23.5 Å². The van der Waals surface area contributed by atoms with Gasteiger partial charge in [0, 0.05) is 17.4 Å². The topological polar surface area (TPSA) is 69.7 Å². The molecule has 3 rings (SSSR count). The molecule has 0 aromatic carbocycles. The van der Waals surface area contributed by atoms with Gasteiger partial charge in [-0.05, 0) is 25.2 Å². The minimum Gasteiger partial charge on any atom is -0.469 e. The summed E-state index contributed by atoms with van der Waals surface area (Å²) >= 11 is 3.61. The third-order valence-corrected chi connectivity index (χ3v) is 9.04. The van der Waals surface area contributed by atoms with E-state index >= 15 is 0 Å². The third kappa shape index (κ3) is 2.37. The number of ether oxygens (including phenoxy) is 2. The lowest BCUT2D eigenvalue weighted by molar-refractivity contribution is -0.157. The summed E-state index contributed by atoms with van der Waals surface area (Å²) in [6.07, 6.45) is 1.77. The van der Waals surface area contributed by atoms with E-state index in [1.165, 1.54) is 14.2 Å². The van der Waals surface area contributed by atoms with Crippen LogP contribution >= 0.6 is 23.5 Å². The minimum absolute atomic E-state index is 0.0557. The number of fused-ring (bicyclic) bond motifs is 3. The van der Waals surface area contributed by atoms with Gasteiger partial charge in [0.15, 0.2) is 0 Å². The van der Waals surface area contributed by atoms with Gasteiger partial charge < -0.3 is 9.47 Å². The number of hydrogen-bond donors (Lipinski definition) is 0. The highest BCUT2D eigenvalue weighted by Gasteiger charge is 2.60. The molecule has 0 amide bonds. The third-order valence-electron chi connectivity index (χ3n) is 5.12. The maximum atomic E-state index is 12.5. The summed E-state index contributed by atoms with van der Waals surface area (Å²) in [4.78, 5) is 36.8. The van der Waals surface area contributed by atoms with E-state index in [9.17, 15) is 14.4 Å². The quantitative estimate of drug-likeness (QED) is 0.558. The van der Waals surface area contributed by atoms with E-state index in [0.717, 1.165) is 17.9 Å². The first-order chi connectivity index (χ1) is 10.5. The lowest BCUT2D eigenvalue weighted by atomic mass is 9.63. The fourth-order valence-corrected chi connectivity index (χ4v) is 7.94. The molecule has 1 spiro atoms. The Morgan fingerprint density at radius 2 is 1.68 bits per heavy atom. The summed E-state index contributed by atoms with van der Waals surface area (Å²) in [5, 5.41) is 0. The van der Waals surface area contributed by atoms with E-state index in [-0.39, 0.29) is 33.6 Å². The van der Waals surface area contributed by atoms with Crippen molar-refractivity contribution in [3.63, 3.8) is 0 Å². The normalized spacial score (nSPS) is 36.2. The van der Waals surface area contributed by atoms with Gasteiger partial charge in [0.05, 0.1) is 24.2 Å². The highest BCUT2D eigenvalue weighted by atomic mass is 32.2. The van der Waals surface area contributed by atoms with Crippen LogP contribution < -0.4 is 0 Å². The Labute approximate surface area is 138 Å². The van der Waals surface area contributed by atoms with Crippen molar-refractivity contribution in [2.45, 2.75) is 23.3 Å². The molecule has 3 fully saturated rings. The van der Waals surface area contributed by atoms with E-state index in [2.05, 4.69) is 0 Å². The van der Waals surface area contributed by atoms with Crippen molar-refractivity contribution >= 4 is 41.2 Å². The molecule has 0 unspecified atom stereocenters. The number of carbonyl (C=O) groups is 3. The molecule has 2 saturated carbocycles. The largest absolute Gasteiger partial charge is 0.469 e. The molecule has 4 atom stereocenters. The molecule has 0 aromatic rings. The van der Waals surface area contributed by atoms with E-state index in [0.29, 0.717) is 12.8 Å². The molecule has 3 aliphatic rings. The van der Waals surface area contributed by atoms with Gasteiger partial charge in [-0.25, -0.2) is 0 Å². The zero-order valence-electron chi connectivity index (χ0n) is 12.7. The van der Waals surface area contributed by atoms with Crippen LogP contribution in [0.4, 0.5) is 0 Å². The second kappa shape index (κ2) is 6.07. The SMILES string of the molecule is COC(=O)[C@@H]1C[C@H]2C[C@@H](C[C@H](C(=O)OC)C23SCCS3)C1=O. The summed E-state index contributed by atoms with van der Waals surface area (Å²) in [5.41, 5.74) is 0. The van der Waals surface area contributed by atoms with Gasteiger partial charge in [0.25, 0.3) is 0 Å². The Hall–Kier alpha value is -0.690. The molecule has 1 saturated heterocycles. The maximum absolute atomic E-state index is 12.5. The zero-order valence-corrected chi connectivity index (χ0v) is 14.3. The molecule has 0 aromatic heterocycles. The van der Waals surface area contributed by atoms with Gasteiger partial charge in [0.2, 0.25) is 0 Å². The van der Waals surface area contributed by atoms with Crippen molar-refractivity contribution in [2.75, 3.05) is 25.7 Å². The number of thioether (sulfide) groups is 2. The van der Waals surface area contributed by atoms with Gasteiger partial charge in [-0.2, -0.15) is 0 Å². The monoisotopic (exact) mass is 344 g/mol. The molecule has 0 radical (unpaired) electrons. The molecule has 1 aliphatic heterocycles. The molecule has 5 nitrogen and oxygen atoms in total. The molecule has 2 aliphatic carbocycles. The van der Waals surface area contributed by atoms with Crippen LogP contribution in [0.3, 0.4) is 0 Å². The number of ketones is 1. The van der Waals surface area contributed by atoms with Crippen LogP contribution in [0.1, 0.15) is 19.3 Å². The van der Waals surface area contributed by atoms with Crippen molar-refractivity contribution in [3.8, 4) is 0 Å². The highest BCUT2D eigenvalue weighted by Crippen LogP contribution is 2.63. The summed E-state index contributed by atoms with van der Waals surface area (Å²) in [6.45, 7) is 0. The van der Waals surface area contributed by atoms with Crippen molar-refractivity contribution in [1.82, 2.24) is 0 Å². The van der Waals surface area contributed by atoms with E-state index in [4.69, 9.17) is 9.47 Å². The minimum atomic E-state index is -0.661. The van der Waals surface area contributed by atoms with Crippen LogP contribution in [0.15, 0.2) is 0 Å². The maximum Gasteiger partial charge on any atom is 0.316 e. The van der Waals surface area contributed by atoms with Crippen LogP contribution in [-0.2, 0) is 23.9 Å². The second-order valence-corrected chi connectivity index (χ2v) is 9.08. The Balaban J connectivity index is 1.93. The predicted octanol–water partition coefficient (Wildman–Crippen LogP) is 1.74. The first-order valence-electron chi connectivity index (χ1n) is 7.50. The zero-order chi connectivity index (χ0) is 15.9. The van der Waals surface area contributed by atoms with Crippen LogP contribution in [0.2, 0.25) is 0 Å². The number of hydrogen-bond acceptors (Lipinski definition) is 7. The molecule has 2 bridgehead atoms. The summed E-state index contributed by atoms with van der Waals surface area (Å²) in [6, 6.07) is 0. The Bertz CT molecular complexity index is 500. The fraction of sp³-hybridized carbons (Fsp3) is 0.800. The van der Waals surface area contributed by atoms with E-state index < -0.39 is 11.9 Å². The Morgan fingerprint density at radius 1 is 1.05 bits per heavy atom. The van der Waals surface area contributed by atoms with Crippen LogP contribution in [-0.4, -0.2) is 47.5 Å². The number of rotatable bonds is 2. The second-order valence-electron chi connectivity index (χ2n) is 6.07. The van der Waals surface area contributed by atoms with Gasteiger partial charge in [-0.3, -0.25) is 14.4 Å². The van der Waals surface area contributed by atoms with Gasteiger partial charge >= 0.3 is 11.9 Å². The van der Waals surface area contributed by atoms with Crippen molar-refractivity contribution in [2.24, 2.45) is 23.7 Å². The molecular weight excluding hydrogens is 324 g/mol. The number of carbonyl (C=O) groups excluding carboxylic acids is 3. The van der Waals surface area contributed by atoms with Crippen LogP contribution in [0, 0.1) is 23.7 Å². The number of methoxy groups -OCH3 is 2. The molecule has 0 N–H and O–H groups in total. The predicted molar refractivity (Wildman–Crippen MR) is 84.5 cm³/mol. The first-order valence-corrected chi connectivity index (χ1v) is 9.48. The Morgan fingerprint density at radius 3 is 2.27 bits per heavy atom. The standard InChI is InChI=1S/C15H20O5S2/c1-19-13(17)10-7-9-5-8(12(10)16)6-11(14(18)20-2)15(9)21-3-4-22-15/h8-11H,3-7H2,1-2H3/t8-,9+,10+,11+/m0/s1. The highest BCUT2D eigenvalue weighted by molar-refractivity contribution is 8.21. The van der Waals surface area contributed by atoms with Gasteiger partial charge in [-0.1, -0.05) is 0 Å². The summed E-state index contributed by atoms with van der Waals surface area (Å²) in [7, 11) is 2.73. The summed E-state index contributed by atoms with van der Waals surface area (Å²) in [5.74, 6) is 0.313. The van der Waals surface area contributed by atoms with E-state index in [1.54, 1.807) is 0 Å². The lowest BCUT2D eigenvalue weighted by Crippen LogP contribution is -2.54. The number of Topliss-reactive ketones (excluding diaryl/α,β-unsaturated/α-hetero) is 1. The molecule has 122 valence electrons. The van der Waals surface area contributed by atoms with Crippen molar-refractivity contribution in [1.29, 1.82) is 0 Å². The average Bonchev–Trinajstić information content (AvgIpc) is 3.02. The fourth-order valence-electron chi connectivity index (χ4n) is 4.15. The Kier molecular flexibility index (Phi) is 4.47. The number of esters is 2. The molecule has 7 heteroatoms.